The Hall–Kier alpha value is -1.86. The first-order valence-corrected chi connectivity index (χ1v) is 6.87. The summed E-state index contributed by atoms with van der Waals surface area (Å²) in [6, 6.07) is 4.28. The topological polar surface area (TPSA) is 40.5 Å². The molecule has 0 unspecified atom stereocenters. The maximum absolute atomic E-state index is 13.4. The maximum Gasteiger partial charge on any atom is 0.255 e. The molecule has 1 amide bonds. The SMILES string of the molecule is CCCN(C(=O)c1cc(F)ccc1C#CCO)C1CC1. The van der Waals surface area contributed by atoms with Crippen LogP contribution in [0.4, 0.5) is 4.39 Å². The summed E-state index contributed by atoms with van der Waals surface area (Å²) >= 11 is 0. The standard InChI is InChI=1S/C16H18FNO2/c1-2-9-18(14-7-8-14)16(20)15-11-13(17)6-5-12(15)4-3-10-19/h5-6,11,14,19H,2,7-10H2,1H3. The van der Waals surface area contributed by atoms with Gasteiger partial charge in [-0.25, -0.2) is 4.39 Å². The van der Waals surface area contributed by atoms with Crippen LogP contribution in [0.1, 0.15) is 42.1 Å². The first kappa shape index (κ1) is 14.5. The van der Waals surface area contributed by atoms with Crippen LogP contribution in [-0.2, 0) is 0 Å². The first-order chi connectivity index (χ1) is 9.67. The normalized spacial score (nSPS) is 13.6. The van der Waals surface area contributed by atoms with Crippen molar-refractivity contribution in [1.82, 2.24) is 4.90 Å². The Bertz CT molecular complexity index is 555. The van der Waals surface area contributed by atoms with E-state index in [0.717, 1.165) is 19.3 Å². The largest absolute Gasteiger partial charge is 0.384 e. The van der Waals surface area contributed by atoms with Gasteiger partial charge in [-0.1, -0.05) is 18.8 Å². The number of aliphatic hydroxyl groups is 1. The van der Waals surface area contributed by atoms with Gasteiger partial charge in [0.25, 0.3) is 5.91 Å². The van der Waals surface area contributed by atoms with E-state index in [1.807, 2.05) is 6.92 Å². The molecule has 0 saturated heterocycles. The van der Waals surface area contributed by atoms with Crippen LogP contribution in [-0.4, -0.2) is 35.1 Å². The van der Waals surface area contributed by atoms with Crippen molar-refractivity contribution >= 4 is 5.91 Å². The van der Waals surface area contributed by atoms with Crippen molar-refractivity contribution in [3.05, 3.63) is 35.1 Å². The van der Waals surface area contributed by atoms with Crippen LogP contribution in [0.2, 0.25) is 0 Å². The molecule has 0 bridgehead atoms. The molecule has 1 N–H and O–H groups in total. The lowest BCUT2D eigenvalue weighted by Gasteiger charge is -2.22. The predicted molar refractivity (Wildman–Crippen MR) is 74.7 cm³/mol. The molecule has 20 heavy (non-hydrogen) atoms. The van der Waals surface area contributed by atoms with E-state index >= 15 is 0 Å². The minimum absolute atomic E-state index is 0.170. The number of hydrogen-bond acceptors (Lipinski definition) is 2. The number of rotatable bonds is 4. The molecule has 1 aliphatic carbocycles. The van der Waals surface area contributed by atoms with Crippen molar-refractivity contribution in [3.63, 3.8) is 0 Å². The van der Waals surface area contributed by atoms with Gasteiger partial charge in [0, 0.05) is 18.2 Å². The molecule has 0 radical (unpaired) electrons. The second-order valence-corrected chi connectivity index (χ2v) is 4.88. The van der Waals surface area contributed by atoms with E-state index < -0.39 is 5.82 Å². The second kappa shape index (κ2) is 6.53. The number of benzene rings is 1. The van der Waals surface area contributed by atoms with Gasteiger partial charge in [-0.05, 0) is 37.5 Å². The van der Waals surface area contributed by atoms with Gasteiger partial charge >= 0.3 is 0 Å². The zero-order valence-electron chi connectivity index (χ0n) is 11.5. The van der Waals surface area contributed by atoms with Crippen LogP contribution in [0.25, 0.3) is 0 Å². The third kappa shape index (κ3) is 3.37. The Balaban J connectivity index is 2.33. The van der Waals surface area contributed by atoms with E-state index in [2.05, 4.69) is 11.8 Å². The molecule has 1 saturated carbocycles. The molecule has 1 fully saturated rings. The molecule has 0 spiro atoms. The van der Waals surface area contributed by atoms with Crippen molar-refractivity contribution in [3.8, 4) is 11.8 Å². The summed E-state index contributed by atoms with van der Waals surface area (Å²) < 4.78 is 13.4. The first-order valence-electron chi connectivity index (χ1n) is 6.87. The molecule has 1 aliphatic rings. The molecule has 0 atom stereocenters. The number of carbonyl (C=O) groups excluding carboxylic acids is 1. The molecule has 0 heterocycles. The van der Waals surface area contributed by atoms with E-state index in [1.165, 1.54) is 18.2 Å². The molecule has 1 aromatic rings. The molecule has 0 aromatic heterocycles. The number of carbonyl (C=O) groups is 1. The summed E-state index contributed by atoms with van der Waals surface area (Å²) in [6.07, 6.45) is 2.90. The highest BCUT2D eigenvalue weighted by atomic mass is 19.1. The molecular formula is C16H18FNO2. The van der Waals surface area contributed by atoms with Gasteiger partial charge in [-0.3, -0.25) is 4.79 Å². The summed E-state index contributed by atoms with van der Waals surface area (Å²) in [5, 5.41) is 8.76. The van der Waals surface area contributed by atoms with E-state index in [9.17, 15) is 9.18 Å². The van der Waals surface area contributed by atoms with Crippen LogP contribution in [0, 0.1) is 17.7 Å². The predicted octanol–water partition coefficient (Wildman–Crippen LogP) is 2.18. The van der Waals surface area contributed by atoms with Crippen LogP contribution < -0.4 is 0 Å². The quantitative estimate of drug-likeness (QED) is 0.856. The van der Waals surface area contributed by atoms with Crippen molar-refractivity contribution in [2.45, 2.75) is 32.2 Å². The molecule has 4 heteroatoms. The molecular weight excluding hydrogens is 257 g/mol. The Morgan fingerprint density at radius 3 is 2.85 bits per heavy atom. The summed E-state index contributed by atoms with van der Waals surface area (Å²) in [6.45, 7) is 2.40. The molecule has 2 rings (SSSR count). The molecule has 1 aromatic carbocycles. The summed E-state index contributed by atoms with van der Waals surface area (Å²) in [4.78, 5) is 14.4. The highest BCUT2D eigenvalue weighted by Crippen LogP contribution is 2.29. The van der Waals surface area contributed by atoms with Crippen LogP contribution in [0.3, 0.4) is 0 Å². The Kier molecular flexibility index (Phi) is 4.75. The van der Waals surface area contributed by atoms with Crippen molar-refractivity contribution in [1.29, 1.82) is 0 Å². The van der Waals surface area contributed by atoms with E-state index in [4.69, 9.17) is 5.11 Å². The monoisotopic (exact) mass is 275 g/mol. The summed E-state index contributed by atoms with van der Waals surface area (Å²) in [5.74, 6) is 4.60. The highest BCUT2D eigenvalue weighted by molar-refractivity contribution is 5.97. The zero-order valence-corrected chi connectivity index (χ0v) is 11.5. The van der Waals surface area contributed by atoms with Crippen LogP contribution >= 0.6 is 0 Å². The maximum atomic E-state index is 13.4. The number of hydrogen-bond donors (Lipinski definition) is 1. The van der Waals surface area contributed by atoms with Crippen LogP contribution in [0.15, 0.2) is 18.2 Å². The molecule has 0 aliphatic heterocycles. The number of nitrogens with zero attached hydrogens (tertiary/aromatic N) is 1. The average Bonchev–Trinajstić information content (AvgIpc) is 3.27. The Morgan fingerprint density at radius 1 is 1.50 bits per heavy atom. The fraction of sp³-hybridized carbons (Fsp3) is 0.438. The highest BCUT2D eigenvalue weighted by Gasteiger charge is 2.33. The third-order valence-corrected chi connectivity index (χ3v) is 3.23. The lowest BCUT2D eigenvalue weighted by Crippen LogP contribution is -2.34. The van der Waals surface area contributed by atoms with Crippen LogP contribution in [0.5, 0.6) is 0 Å². The van der Waals surface area contributed by atoms with Gasteiger partial charge in [0.2, 0.25) is 0 Å². The van der Waals surface area contributed by atoms with Crippen molar-refractivity contribution < 1.29 is 14.3 Å². The lowest BCUT2D eigenvalue weighted by molar-refractivity contribution is 0.0742. The smallest absolute Gasteiger partial charge is 0.255 e. The third-order valence-electron chi connectivity index (χ3n) is 3.23. The van der Waals surface area contributed by atoms with Gasteiger partial charge < -0.3 is 10.0 Å². The molecule has 3 nitrogen and oxygen atoms in total. The van der Waals surface area contributed by atoms with Gasteiger partial charge in [-0.15, -0.1) is 0 Å². The van der Waals surface area contributed by atoms with Crippen molar-refractivity contribution in [2.75, 3.05) is 13.2 Å². The van der Waals surface area contributed by atoms with E-state index in [-0.39, 0.29) is 24.1 Å². The van der Waals surface area contributed by atoms with Gasteiger partial charge in [0.15, 0.2) is 0 Å². The summed E-state index contributed by atoms with van der Waals surface area (Å²) in [7, 11) is 0. The van der Waals surface area contributed by atoms with E-state index in [0.29, 0.717) is 12.1 Å². The fourth-order valence-electron chi connectivity index (χ4n) is 2.17. The van der Waals surface area contributed by atoms with Gasteiger partial charge in [0.05, 0.1) is 5.56 Å². The number of amides is 1. The fourth-order valence-corrected chi connectivity index (χ4v) is 2.17. The Labute approximate surface area is 118 Å². The zero-order chi connectivity index (χ0) is 14.5. The number of aliphatic hydroxyl groups excluding tert-OH is 1. The minimum Gasteiger partial charge on any atom is -0.384 e. The summed E-state index contributed by atoms with van der Waals surface area (Å²) in [5.41, 5.74) is 0.749. The van der Waals surface area contributed by atoms with Crippen molar-refractivity contribution in [2.24, 2.45) is 0 Å². The number of halogens is 1. The Morgan fingerprint density at radius 2 is 2.25 bits per heavy atom. The van der Waals surface area contributed by atoms with Gasteiger partial charge in [0.1, 0.15) is 12.4 Å². The minimum atomic E-state index is -0.449. The second-order valence-electron chi connectivity index (χ2n) is 4.88. The molecule has 106 valence electrons. The lowest BCUT2D eigenvalue weighted by atomic mass is 10.1. The van der Waals surface area contributed by atoms with E-state index in [1.54, 1.807) is 4.90 Å². The van der Waals surface area contributed by atoms with Gasteiger partial charge in [-0.2, -0.15) is 0 Å². The average molecular weight is 275 g/mol.